The van der Waals surface area contributed by atoms with Gasteiger partial charge in [0.1, 0.15) is 29.8 Å². The van der Waals surface area contributed by atoms with Crippen LogP contribution in [-0.4, -0.2) is 312 Å². The lowest BCUT2D eigenvalue weighted by Gasteiger charge is -2.28. The van der Waals surface area contributed by atoms with Crippen molar-refractivity contribution in [2.75, 3.05) is 203 Å². The Labute approximate surface area is 751 Å². The van der Waals surface area contributed by atoms with Crippen LogP contribution in [0.4, 0.5) is 5.69 Å². The number of aliphatic hydroxyl groups is 1. The van der Waals surface area contributed by atoms with E-state index in [4.69, 9.17) is 139 Å². The number of hydrogen-bond acceptors (Lipinski definition) is 39. The summed E-state index contributed by atoms with van der Waals surface area (Å²) >= 11 is 10.3. The third-order valence-electron chi connectivity index (χ3n) is 18.2. The lowest BCUT2D eigenvalue weighted by atomic mass is 9.95. The fourth-order valence-corrected chi connectivity index (χ4v) is 19.6. The summed E-state index contributed by atoms with van der Waals surface area (Å²) in [5.41, 5.74) is 4.75. The summed E-state index contributed by atoms with van der Waals surface area (Å²) in [5.74, 6) is -0.107. The number of rotatable bonds is 74. The molecule has 4 aliphatic heterocycles. The molecule has 0 spiro atoms. The molecule has 128 heavy (non-hydrogen) atoms. The molecule has 2 aromatic carbocycles. The first-order valence-electron chi connectivity index (χ1n) is 41.3. The Morgan fingerprint density at radius 1 is 0.438 bits per heavy atom. The van der Waals surface area contributed by atoms with Crippen LogP contribution < -0.4 is 10.2 Å². The molecule has 2 amide bonds. The van der Waals surface area contributed by atoms with Crippen LogP contribution in [-0.2, 0) is 193 Å². The SMILES string of the molecule is CCC(=O)CCOCCOCCOCCn1nnc2c1-c1ccccc1CN(C(=O)CCCCC(=O)NCCOCCOCCOCCOP(=O)(O)OCCCOP(=O)(O)OCCCOP(=O)(O)OCCCOP(=O)(O)OCCCOP(=O)(O)OCCCOP(=O)(O)OC[C@@H]1OCC[C@@H]1OP(O)(=S)OC[C@H]1OCC[C@H]1OP(O)(=S)OC[C@@H]1OCC[C@@H]1O)c1ccccc1-2. The summed E-state index contributed by atoms with van der Waals surface area (Å²) in [6, 6.07) is 15.5. The van der Waals surface area contributed by atoms with E-state index < -0.39 is 170 Å². The van der Waals surface area contributed by atoms with Crippen molar-refractivity contribution < 1.29 is 201 Å². The molecule has 0 saturated carbocycles. The zero-order valence-corrected chi connectivity index (χ0v) is 79.5. The predicted octanol–water partition coefficient (Wildman–Crippen LogP) is 7.32. The molecule has 0 aliphatic carbocycles. The first kappa shape index (κ1) is 113. The number of carbonyl (C=O) groups is 3. The minimum absolute atomic E-state index is 0.0937. The van der Waals surface area contributed by atoms with Crippen LogP contribution in [0, 0.1) is 0 Å². The van der Waals surface area contributed by atoms with Gasteiger partial charge in [-0.2, -0.15) is 0 Å². The number of phosphoric ester groups is 6. The van der Waals surface area contributed by atoms with Gasteiger partial charge in [0.2, 0.25) is 11.8 Å². The molecule has 4 aliphatic rings. The van der Waals surface area contributed by atoms with Gasteiger partial charge in [-0.1, -0.05) is 54.6 Å². The van der Waals surface area contributed by atoms with Gasteiger partial charge in [-0.25, -0.2) is 32.1 Å². The van der Waals surface area contributed by atoms with E-state index in [2.05, 4.69) is 15.6 Å². The van der Waals surface area contributed by atoms with Gasteiger partial charge in [0.25, 0.3) is 0 Å². The van der Waals surface area contributed by atoms with Gasteiger partial charge in [-0.15, -0.1) is 5.10 Å². The number of amides is 2. The van der Waals surface area contributed by atoms with Gasteiger partial charge in [0.15, 0.2) is 0 Å². The Bertz CT molecular complexity index is 4200. The Morgan fingerprint density at radius 2 is 0.820 bits per heavy atom. The fourth-order valence-electron chi connectivity index (χ4n) is 11.9. The number of ether oxygens (including phenoxy) is 9. The van der Waals surface area contributed by atoms with Crippen molar-refractivity contribution in [1.82, 2.24) is 20.3 Å². The number of fused-ring (bicyclic) bond motifs is 5. The van der Waals surface area contributed by atoms with E-state index in [9.17, 15) is 86.0 Å². The van der Waals surface area contributed by atoms with Crippen LogP contribution in [0.5, 0.6) is 0 Å². The lowest BCUT2D eigenvalue weighted by molar-refractivity contribution is -0.122. The van der Waals surface area contributed by atoms with Crippen molar-refractivity contribution in [2.24, 2.45) is 0 Å². The second-order valence-corrected chi connectivity index (χ2v) is 42.4. The summed E-state index contributed by atoms with van der Waals surface area (Å²) in [7, 11) is -28.1. The zero-order chi connectivity index (χ0) is 92.8. The first-order valence-corrected chi connectivity index (χ1v) is 55.4. The normalized spacial score (nSPS) is 21.4. The molecule has 3 aromatic rings. The number of nitrogens with zero attached hydrogens (tertiary/aromatic N) is 4. The zero-order valence-electron chi connectivity index (χ0n) is 70.7. The molecule has 8 unspecified atom stereocenters. The molecule has 3 fully saturated rings. The van der Waals surface area contributed by atoms with Crippen LogP contribution in [0.25, 0.3) is 22.5 Å². The van der Waals surface area contributed by atoms with E-state index >= 15 is 0 Å². The number of aliphatic hydroxyl groups excluding tert-OH is 1. The summed E-state index contributed by atoms with van der Waals surface area (Å²) in [6.45, 7) is -7.57. The molecular weight excluding hydrogens is 1910 g/mol. The van der Waals surface area contributed by atoms with E-state index in [0.29, 0.717) is 109 Å². The average Bonchev–Trinajstić information content (AvgIpc) is 1.67. The Balaban J connectivity index is 0.605. The summed E-state index contributed by atoms with van der Waals surface area (Å²) in [5, 5.41) is 21.9. The molecule has 3 saturated heterocycles. The van der Waals surface area contributed by atoms with Gasteiger partial charge < -0.3 is 115 Å². The number of nitrogens with one attached hydrogen (secondary N) is 1. The molecule has 1 aromatic heterocycles. The number of phosphoric acid groups is 6. The smallest absolute Gasteiger partial charge is 0.390 e. The van der Waals surface area contributed by atoms with Crippen LogP contribution in [0.15, 0.2) is 48.5 Å². The topological polar surface area (TPSA) is 612 Å². The number of para-hydroxylation sites is 1. The van der Waals surface area contributed by atoms with Crippen LogP contribution >= 0.6 is 60.4 Å². The highest BCUT2D eigenvalue weighted by Crippen LogP contribution is 2.53. The highest BCUT2D eigenvalue weighted by molar-refractivity contribution is 8.07. The lowest BCUT2D eigenvalue weighted by Crippen LogP contribution is -2.32. The van der Waals surface area contributed by atoms with E-state index in [1.165, 1.54) is 0 Å². The third kappa shape index (κ3) is 46.1. The van der Waals surface area contributed by atoms with Gasteiger partial charge in [-0.3, -0.25) is 68.7 Å². The molecule has 48 nitrogen and oxygen atoms in total. The monoisotopic (exact) mass is 2030 g/mol. The quantitative estimate of drug-likeness (QED) is 0.0195. The Hall–Kier alpha value is -2.49. The van der Waals surface area contributed by atoms with Gasteiger partial charge in [0.05, 0.1) is 215 Å². The maximum absolute atomic E-state index is 14.0. The van der Waals surface area contributed by atoms with Gasteiger partial charge >= 0.3 is 60.4 Å². The van der Waals surface area contributed by atoms with Crippen molar-refractivity contribution in [3.63, 3.8) is 0 Å². The van der Waals surface area contributed by atoms with Gasteiger partial charge in [-0.05, 0) is 86.6 Å². The molecule has 14 atom stereocenters. The number of hydrogen-bond donors (Lipinski definition) is 10. The van der Waals surface area contributed by atoms with Crippen LogP contribution in [0.2, 0.25) is 0 Å². The predicted molar refractivity (Wildman–Crippen MR) is 456 cm³/mol. The van der Waals surface area contributed by atoms with Crippen molar-refractivity contribution >= 4 is 107 Å². The number of Topliss-reactive ketones (excluding diaryl/α,β-unsaturated/α-hetero) is 1. The molecule has 734 valence electrons. The Morgan fingerprint density at radius 3 is 1.29 bits per heavy atom. The molecular formula is C70H119N5O43P8S2. The van der Waals surface area contributed by atoms with Crippen molar-refractivity contribution in [3.8, 4) is 22.5 Å². The number of aromatic nitrogens is 3. The second kappa shape index (κ2) is 59.6. The summed E-state index contributed by atoms with van der Waals surface area (Å²) in [4.78, 5) is 121. The Kier molecular flexibility index (Phi) is 52.4. The molecule has 0 radical (unpaired) electrons. The number of carbonyl (C=O) groups excluding carboxylic acids is 3. The van der Waals surface area contributed by atoms with Crippen LogP contribution in [0.1, 0.15) is 102 Å². The minimum atomic E-state index is -4.76. The van der Waals surface area contributed by atoms with Crippen LogP contribution in [0.3, 0.4) is 0 Å². The number of benzene rings is 2. The fraction of sp³-hybridized carbons (Fsp3) is 0.757. The number of unbranched alkanes of at least 4 members (excludes halogenated alkanes) is 1. The maximum atomic E-state index is 14.0. The van der Waals surface area contributed by atoms with E-state index in [1.54, 1.807) is 4.90 Å². The van der Waals surface area contributed by atoms with Crippen molar-refractivity contribution in [3.05, 3.63) is 54.1 Å². The van der Waals surface area contributed by atoms with E-state index in [-0.39, 0.29) is 148 Å². The highest BCUT2D eigenvalue weighted by atomic mass is 32.5. The van der Waals surface area contributed by atoms with Gasteiger partial charge in [0, 0.05) is 76.0 Å². The summed E-state index contributed by atoms with van der Waals surface area (Å²) < 4.78 is 206. The largest absolute Gasteiger partial charge is 0.472 e. The first-order chi connectivity index (χ1) is 61.0. The third-order valence-corrected chi connectivity index (χ3v) is 27.5. The number of ketones is 1. The molecule has 10 N–H and O–H groups in total. The van der Waals surface area contributed by atoms with E-state index in [0.717, 1.165) is 22.4 Å². The average molecular weight is 2030 g/mol. The highest BCUT2D eigenvalue weighted by Gasteiger charge is 2.41. The van der Waals surface area contributed by atoms with E-state index in [1.807, 2.05) is 60.1 Å². The molecule has 0 bridgehead atoms. The summed E-state index contributed by atoms with van der Waals surface area (Å²) in [6.07, 6.45) is -2.87. The second-order valence-electron chi connectivity index (χ2n) is 28.1. The van der Waals surface area contributed by atoms with Crippen molar-refractivity contribution in [1.29, 1.82) is 0 Å². The molecule has 5 heterocycles. The number of anilines is 1. The van der Waals surface area contributed by atoms with Crippen molar-refractivity contribution in [2.45, 2.75) is 147 Å². The molecule has 7 rings (SSSR count). The standard InChI is InChI=1S/C70H119N5O43P8S2/c1-2-57(76)20-36-94-42-45-97-47-44-96-41-25-75-70-58-15-4-3-14-56(58)52-74(60-17-6-5-16-59(60)69(70)72-73-75)68(79)19-8-7-18-67(78)71-24-40-95-43-46-98-48-49-99-50-51-113-123(88,89)111-34-12-32-109-121(84,85)107-30-10-28-105-119(80,81)103-26-9-27-104-120(82,83)106-29-11-31-108-122(86,87)110-33-13-35-112-124(90,91)114-54-65-62(22-38-101-65)117-126(93,128)116-55-66-63(23-39-102-66)118-125(92,127)115-53-64-61(77)21-37-100-64/h3-6,14-17,61-66,77H,2,7-13,18-55H2,1H3,(H,71,78)(H,80,81)(H,82,83)(H,84,85)(H,86,87)(H,88,89)(H,90,91)(H,92,127)(H,93,128)/t61-,62-,63+,64-,65-,66+,125?,126?/m0/s1. The minimum Gasteiger partial charge on any atom is -0.390 e. The maximum Gasteiger partial charge on any atom is 0.472 e. The molecule has 58 heteroatoms.